The van der Waals surface area contributed by atoms with Gasteiger partial charge in [0.05, 0.1) is 49.8 Å². The number of hydrogen-bond acceptors (Lipinski definition) is 6. The molecule has 1 saturated heterocycles. The highest BCUT2D eigenvalue weighted by molar-refractivity contribution is 7.22. The largest absolute Gasteiger partial charge is 0.497 e. The average molecular weight is 401 g/mol. The van der Waals surface area contributed by atoms with E-state index in [1.54, 1.807) is 24.1 Å². The van der Waals surface area contributed by atoms with Gasteiger partial charge < -0.3 is 19.0 Å². The predicted molar refractivity (Wildman–Crippen MR) is 105 cm³/mol. The van der Waals surface area contributed by atoms with Crippen molar-refractivity contribution in [3.63, 3.8) is 0 Å². The molecule has 9 heteroatoms. The first-order chi connectivity index (χ1) is 13.6. The standard InChI is InChI=1S/C19H20N4O4S/c1-26-13-4-5-14-16(11-13)28-19(20-14)21-17(24)12-22-6-8-23(9-7-22)18(25)15-3-2-10-27-15/h2-5,10-11H,6-9,12H2,1H3,(H,20,21,24)/p+1. The average Bonchev–Trinajstić information content (AvgIpc) is 3.36. The van der Waals surface area contributed by atoms with E-state index in [-0.39, 0.29) is 11.8 Å². The molecule has 28 heavy (non-hydrogen) atoms. The molecule has 1 aliphatic rings. The molecular weight excluding hydrogens is 380 g/mol. The maximum absolute atomic E-state index is 12.4. The highest BCUT2D eigenvalue weighted by Gasteiger charge is 2.27. The Morgan fingerprint density at radius 3 is 2.86 bits per heavy atom. The Balaban J connectivity index is 1.29. The van der Waals surface area contributed by atoms with E-state index in [1.807, 2.05) is 18.2 Å². The summed E-state index contributed by atoms with van der Waals surface area (Å²) in [4.78, 5) is 32.0. The topological polar surface area (TPSA) is 89.1 Å². The van der Waals surface area contributed by atoms with Crippen molar-refractivity contribution in [3.05, 3.63) is 42.4 Å². The normalized spacial score (nSPS) is 15.0. The Kier molecular flexibility index (Phi) is 5.27. The van der Waals surface area contributed by atoms with E-state index in [1.165, 1.54) is 17.6 Å². The molecular formula is C19H21N4O4S+. The second-order valence-electron chi connectivity index (χ2n) is 6.60. The number of fused-ring (bicyclic) bond motifs is 1. The molecule has 1 aliphatic heterocycles. The van der Waals surface area contributed by atoms with Crippen molar-refractivity contribution in [2.24, 2.45) is 0 Å². The van der Waals surface area contributed by atoms with Crippen LogP contribution in [0.5, 0.6) is 5.75 Å². The lowest BCUT2D eigenvalue weighted by atomic mass is 10.3. The van der Waals surface area contributed by atoms with Crippen LogP contribution in [0.1, 0.15) is 10.6 Å². The molecule has 3 aromatic rings. The van der Waals surface area contributed by atoms with Crippen LogP contribution in [-0.2, 0) is 4.79 Å². The van der Waals surface area contributed by atoms with Crippen molar-refractivity contribution in [1.82, 2.24) is 9.88 Å². The van der Waals surface area contributed by atoms with Crippen molar-refractivity contribution >= 4 is 38.5 Å². The molecule has 0 saturated carbocycles. The lowest BCUT2D eigenvalue weighted by molar-refractivity contribution is -0.895. The number of furan rings is 1. The number of carbonyl (C=O) groups is 2. The van der Waals surface area contributed by atoms with E-state index < -0.39 is 0 Å². The molecule has 3 heterocycles. The number of benzene rings is 1. The van der Waals surface area contributed by atoms with Crippen LogP contribution in [0.2, 0.25) is 0 Å². The van der Waals surface area contributed by atoms with Gasteiger partial charge in [-0.25, -0.2) is 4.98 Å². The molecule has 0 atom stereocenters. The van der Waals surface area contributed by atoms with Crippen molar-refractivity contribution in [2.75, 3.05) is 45.2 Å². The molecule has 8 nitrogen and oxygen atoms in total. The van der Waals surface area contributed by atoms with Gasteiger partial charge in [0.1, 0.15) is 5.75 Å². The number of amides is 2. The van der Waals surface area contributed by atoms with Crippen LogP contribution in [0, 0.1) is 0 Å². The van der Waals surface area contributed by atoms with Crippen molar-refractivity contribution in [1.29, 1.82) is 0 Å². The van der Waals surface area contributed by atoms with Crippen molar-refractivity contribution in [2.45, 2.75) is 0 Å². The van der Waals surface area contributed by atoms with Crippen LogP contribution in [0.25, 0.3) is 10.2 Å². The van der Waals surface area contributed by atoms with Crippen LogP contribution in [0.15, 0.2) is 41.0 Å². The molecule has 0 unspecified atom stereocenters. The number of carbonyl (C=O) groups excluding carboxylic acids is 2. The van der Waals surface area contributed by atoms with Gasteiger partial charge in [-0.15, -0.1) is 0 Å². The molecule has 2 aromatic heterocycles. The van der Waals surface area contributed by atoms with E-state index >= 15 is 0 Å². The number of aromatic nitrogens is 1. The predicted octanol–water partition coefficient (Wildman–Crippen LogP) is 0.877. The lowest BCUT2D eigenvalue weighted by Crippen LogP contribution is -3.15. The van der Waals surface area contributed by atoms with Crippen LogP contribution in [0.3, 0.4) is 0 Å². The first kappa shape index (κ1) is 18.5. The Hall–Kier alpha value is -2.91. The Labute approximate surface area is 165 Å². The van der Waals surface area contributed by atoms with E-state index in [0.717, 1.165) is 34.0 Å². The number of anilines is 1. The minimum atomic E-state index is -0.0987. The monoisotopic (exact) mass is 401 g/mol. The zero-order chi connectivity index (χ0) is 19.5. The smallest absolute Gasteiger partial charge is 0.289 e. The van der Waals surface area contributed by atoms with Gasteiger partial charge >= 0.3 is 0 Å². The fraction of sp³-hybridized carbons (Fsp3) is 0.316. The Morgan fingerprint density at radius 1 is 1.32 bits per heavy atom. The second kappa shape index (κ2) is 7.99. The van der Waals surface area contributed by atoms with Gasteiger partial charge in [-0.05, 0) is 30.3 Å². The number of piperazine rings is 1. The van der Waals surface area contributed by atoms with Gasteiger partial charge in [-0.3, -0.25) is 14.9 Å². The first-order valence-electron chi connectivity index (χ1n) is 9.03. The summed E-state index contributed by atoms with van der Waals surface area (Å²) in [5.74, 6) is 0.944. The third kappa shape index (κ3) is 4.00. The number of ether oxygens (including phenoxy) is 1. The van der Waals surface area contributed by atoms with Crippen LogP contribution < -0.4 is 15.0 Å². The molecule has 1 fully saturated rings. The summed E-state index contributed by atoms with van der Waals surface area (Å²) in [5, 5.41) is 3.47. The van der Waals surface area contributed by atoms with Crippen LogP contribution in [0.4, 0.5) is 5.13 Å². The third-order valence-corrected chi connectivity index (χ3v) is 5.68. The number of quaternary nitrogens is 1. The number of methoxy groups -OCH3 is 1. The highest BCUT2D eigenvalue weighted by Crippen LogP contribution is 2.28. The number of nitrogens with zero attached hydrogens (tertiary/aromatic N) is 2. The van der Waals surface area contributed by atoms with Crippen molar-refractivity contribution < 1.29 is 23.6 Å². The third-order valence-electron chi connectivity index (χ3n) is 4.74. The maximum Gasteiger partial charge on any atom is 0.289 e. The van der Waals surface area contributed by atoms with Gasteiger partial charge in [0.2, 0.25) is 0 Å². The zero-order valence-corrected chi connectivity index (χ0v) is 16.3. The van der Waals surface area contributed by atoms with Crippen molar-refractivity contribution in [3.8, 4) is 5.75 Å². The Bertz CT molecular complexity index is 977. The van der Waals surface area contributed by atoms with E-state index in [0.29, 0.717) is 30.5 Å². The fourth-order valence-electron chi connectivity index (χ4n) is 3.23. The van der Waals surface area contributed by atoms with Crippen LogP contribution >= 0.6 is 11.3 Å². The zero-order valence-electron chi connectivity index (χ0n) is 15.4. The number of thiazole rings is 1. The minimum absolute atomic E-state index is 0.0770. The summed E-state index contributed by atoms with van der Waals surface area (Å²) in [6, 6.07) is 9.01. The van der Waals surface area contributed by atoms with E-state index in [4.69, 9.17) is 9.15 Å². The molecule has 0 spiro atoms. The number of rotatable bonds is 5. The lowest BCUT2D eigenvalue weighted by Gasteiger charge is -2.31. The molecule has 0 aliphatic carbocycles. The molecule has 0 radical (unpaired) electrons. The SMILES string of the molecule is COc1ccc2nc(NC(=O)C[NH+]3CCN(C(=O)c4ccco4)CC3)sc2c1. The van der Waals surface area contributed by atoms with E-state index in [9.17, 15) is 9.59 Å². The highest BCUT2D eigenvalue weighted by atomic mass is 32.1. The van der Waals surface area contributed by atoms with Gasteiger partial charge in [0.25, 0.3) is 11.8 Å². The summed E-state index contributed by atoms with van der Waals surface area (Å²) >= 11 is 1.42. The van der Waals surface area contributed by atoms with Gasteiger partial charge in [-0.1, -0.05) is 11.3 Å². The molecule has 146 valence electrons. The summed E-state index contributed by atoms with van der Waals surface area (Å²) < 4.78 is 11.4. The molecule has 4 rings (SSSR count). The fourth-order valence-corrected chi connectivity index (χ4v) is 4.15. The Morgan fingerprint density at radius 2 is 2.14 bits per heavy atom. The number of nitrogens with one attached hydrogen (secondary N) is 2. The summed E-state index contributed by atoms with van der Waals surface area (Å²) in [6.45, 7) is 2.99. The molecule has 1 aromatic carbocycles. The molecule has 2 amide bonds. The number of hydrogen-bond donors (Lipinski definition) is 2. The minimum Gasteiger partial charge on any atom is -0.497 e. The summed E-state index contributed by atoms with van der Waals surface area (Å²) in [5.41, 5.74) is 0.832. The van der Waals surface area contributed by atoms with E-state index in [2.05, 4.69) is 10.3 Å². The maximum atomic E-state index is 12.4. The van der Waals surface area contributed by atoms with Gasteiger partial charge in [0, 0.05) is 0 Å². The van der Waals surface area contributed by atoms with Gasteiger partial charge in [0.15, 0.2) is 17.4 Å². The van der Waals surface area contributed by atoms with Gasteiger partial charge in [-0.2, -0.15) is 0 Å². The first-order valence-corrected chi connectivity index (χ1v) is 9.85. The molecule has 0 bridgehead atoms. The summed E-state index contributed by atoms with van der Waals surface area (Å²) in [6.07, 6.45) is 1.50. The molecule has 2 N–H and O–H groups in total. The van der Waals surface area contributed by atoms with Crippen LogP contribution in [-0.4, -0.2) is 61.5 Å². The quantitative estimate of drug-likeness (QED) is 0.663. The second-order valence-corrected chi connectivity index (χ2v) is 7.63. The summed E-state index contributed by atoms with van der Waals surface area (Å²) in [7, 11) is 1.62.